The molecule has 5 amide bonds. The number of carboxylic acid groups (broad SMARTS) is 1. The molecule has 1 saturated heterocycles. The van der Waals surface area contributed by atoms with Gasteiger partial charge in [0.05, 0.1) is 0 Å². The number of likely N-dealkylation sites (tertiary alicyclic amines) is 1. The van der Waals surface area contributed by atoms with Crippen LogP contribution in [0.2, 0.25) is 0 Å². The standard InChI is InChI=1S/C33H44N8O7/c1-2-27(42)38-24(14-15-28(43)44)32(48)41-17-6-5-11-26(41)31(47)40-25(19-20-12-13-21-8-3-4-9-22(21)18-20)30(46)39-23(29(34)45)10-7-16-37-33(35)36/h2-4,8-9,12-13,18,23-26H,1,5-7,10-11,14-17,19H2,(H2,34,45)(H,38,42)(H,39,46)(H,40,47)(H,43,44)(H4,35,36,37). The Morgan fingerprint density at radius 3 is 2.33 bits per heavy atom. The summed E-state index contributed by atoms with van der Waals surface area (Å²) < 4.78 is 0. The van der Waals surface area contributed by atoms with Gasteiger partial charge < -0.3 is 43.2 Å². The number of aliphatic imine (C=N–C) groups is 1. The van der Waals surface area contributed by atoms with Crippen LogP contribution < -0.4 is 33.2 Å². The Morgan fingerprint density at radius 2 is 1.67 bits per heavy atom. The minimum atomic E-state index is -1.20. The van der Waals surface area contributed by atoms with E-state index in [9.17, 15) is 33.9 Å². The van der Waals surface area contributed by atoms with Gasteiger partial charge in [-0.05, 0) is 60.9 Å². The van der Waals surface area contributed by atoms with Gasteiger partial charge in [-0.3, -0.25) is 33.8 Å². The van der Waals surface area contributed by atoms with E-state index in [-0.39, 0.29) is 51.2 Å². The molecule has 10 N–H and O–H groups in total. The lowest BCUT2D eigenvalue weighted by Crippen LogP contribution is -2.60. The molecule has 0 spiro atoms. The van der Waals surface area contributed by atoms with E-state index >= 15 is 0 Å². The van der Waals surface area contributed by atoms with Crippen LogP contribution in [0.25, 0.3) is 10.8 Å². The number of nitrogens with zero attached hydrogens (tertiary/aromatic N) is 2. The van der Waals surface area contributed by atoms with Gasteiger partial charge in [-0.2, -0.15) is 0 Å². The van der Waals surface area contributed by atoms with E-state index in [0.717, 1.165) is 22.4 Å². The van der Waals surface area contributed by atoms with Crippen molar-refractivity contribution in [2.45, 2.75) is 75.5 Å². The zero-order valence-electron chi connectivity index (χ0n) is 26.7. The highest BCUT2D eigenvalue weighted by atomic mass is 16.4. The summed E-state index contributed by atoms with van der Waals surface area (Å²) in [5.74, 6) is -4.58. The number of hydrogen-bond acceptors (Lipinski definition) is 7. The van der Waals surface area contributed by atoms with E-state index in [1.165, 1.54) is 4.90 Å². The number of carboxylic acids is 1. The fraction of sp³-hybridized carbons (Fsp3) is 0.424. The fourth-order valence-corrected chi connectivity index (χ4v) is 5.56. The fourth-order valence-electron chi connectivity index (χ4n) is 5.56. The highest BCUT2D eigenvalue weighted by Crippen LogP contribution is 2.21. The summed E-state index contributed by atoms with van der Waals surface area (Å²) in [6.07, 6.45) is 2.41. The maximum Gasteiger partial charge on any atom is 0.303 e. The first-order valence-corrected chi connectivity index (χ1v) is 15.8. The van der Waals surface area contributed by atoms with Crippen LogP contribution in [0, 0.1) is 0 Å². The van der Waals surface area contributed by atoms with Crippen LogP contribution >= 0.6 is 0 Å². The summed E-state index contributed by atoms with van der Waals surface area (Å²) in [6, 6.07) is 8.84. The molecule has 0 radical (unpaired) electrons. The number of hydrogen-bond donors (Lipinski definition) is 7. The second kappa shape index (κ2) is 18.0. The zero-order valence-corrected chi connectivity index (χ0v) is 26.7. The Balaban J connectivity index is 1.86. The summed E-state index contributed by atoms with van der Waals surface area (Å²) in [6.45, 7) is 3.78. The van der Waals surface area contributed by atoms with Gasteiger partial charge in [0.1, 0.15) is 24.2 Å². The van der Waals surface area contributed by atoms with Crippen LogP contribution in [-0.4, -0.2) is 88.7 Å². The van der Waals surface area contributed by atoms with Crippen LogP contribution in [0.15, 0.2) is 60.1 Å². The number of nitrogens with one attached hydrogen (secondary N) is 3. The number of fused-ring (bicyclic) bond motifs is 1. The SMILES string of the molecule is C=CC(=O)NC(CCC(=O)O)C(=O)N1CCCCC1C(=O)NC(Cc1ccc2ccccc2c1)C(=O)NC(CCCN=C(N)N)C(N)=O. The van der Waals surface area contributed by atoms with Gasteiger partial charge in [0.2, 0.25) is 29.5 Å². The Morgan fingerprint density at radius 1 is 0.938 bits per heavy atom. The minimum Gasteiger partial charge on any atom is -0.481 e. The summed E-state index contributed by atoms with van der Waals surface area (Å²) in [5, 5.41) is 19.0. The third kappa shape index (κ3) is 11.1. The van der Waals surface area contributed by atoms with E-state index in [0.29, 0.717) is 19.3 Å². The van der Waals surface area contributed by atoms with E-state index in [1.54, 1.807) is 0 Å². The lowest BCUT2D eigenvalue weighted by molar-refractivity contribution is -0.146. The van der Waals surface area contributed by atoms with Crippen molar-refractivity contribution < 1.29 is 33.9 Å². The molecular weight excluding hydrogens is 620 g/mol. The summed E-state index contributed by atoms with van der Waals surface area (Å²) >= 11 is 0. The highest BCUT2D eigenvalue weighted by Gasteiger charge is 2.37. The number of piperidine rings is 1. The predicted molar refractivity (Wildman–Crippen MR) is 179 cm³/mol. The van der Waals surface area contributed by atoms with Crippen molar-refractivity contribution in [3.63, 3.8) is 0 Å². The molecule has 2 aromatic rings. The van der Waals surface area contributed by atoms with Crippen LogP contribution in [0.3, 0.4) is 0 Å². The third-order valence-electron chi connectivity index (χ3n) is 8.03. The van der Waals surface area contributed by atoms with Gasteiger partial charge in [0.15, 0.2) is 5.96 Å². The smallest absolute Gasteiger partial charge is 0.303 e. The van der Waals surface area contributed by atoms with Gasteiger partial charge >= 0.3 is 5.97 Å². The van der Waals surface area contributed by atoms with E-state index in [2.05, 4.69) is 27.5 Å². The summed E-state index contributed by atoms with van der Waals surface area (Å²) in [5.41, 5.74) is 17.0. The predicted octanol–water partition coefficient (Wildman–Crippen LogP) is -0.192. The molecule has 1 fully saturated rings. The van der Waals surface area contributed by atoms with Crippen molar-refractivity contribution in [2.75, 3.05) is 13.1 Å². The van der Waals surface area contributed by atoms with Crippen LogP contribution in [0.4, 0.5) is 0 Å². The minimum absolute atomic E-state index is 0.0547. The number of guanidine groups is 1. The molecule has 0 bridgehead atoms. The van der Waals surface area contributed by atoms with Crippen LogP contribution in [-0.2, 0) is 35.2 Å². The van der Waals surface area contributed by atoms with E-state index in [4.69, 9.17) is 17.2 Å². The van der Waals surface area contributed by atoms with Crippen molar-refractivity contribution in [2.24, 2.45) is 22.2 Å². The monoisotopic (exact) mass is 664 g/mol. The molecule has 0 aromatic heterocycles. The Hall–Kier alpha value is -5.47. The molecule has 3 rings (SSSR count). The Kier molecular flexibility index (Phi) is 13.9. The summed E-state index contributed by atoms with van der Waals surface area (Å²) in [4.78, 5) is 82.0. The first kappa shape index (κ1) is 37.0. The molecule has 15 heteroatoms. The van der Waals surface area contributed by atoms with Gasteiger partial charge in [-0.25, -0.2) is 0 Å². The number of amides is 5. The molecule has 2 aromatic carbocycles. The Labute approximate surface area is 278 Å². The number of nitrogens with two attached hydrogens (primary N) is 3. The number of aliphatic carboxylic acids is 1. The van der Waals surface area contributed by atoms with E-state index < -0.39 is 59.7 Å². The third-order valence-corrected chi connectivity index (χ3v) is 8.03. The normalized spacial score (nSPS) is 16.1. The molecule has 4 atom stereocenters. The number of primary amides is 1. The summed E-state index contributed by atoms with van der Waals surface area (Å²) in [7, 11) is 0. The van der Waals surface area contributed by atoms with E-state index in [1.807, 2.05) is 42.5 Å². The molecule has 1 aliphatic rings. The lowest BCUT2D eigenvalue weighted by atomic mass is 9.97. The second-order valence-electron chi connectivity index (χ2n) is 11.6. The van der Waals surface area contributed by atoms with Crippen LogP contribution in [0.1, 0.15) is 50.5 Å². The van der Waals surface area contributed by atoms with Crippen molar-refractivity contribution >= 4 is 52.2 Å². The average molecular weight is 665 g/mol. The van der Waals surface area contributed by atoms with Crippen molar-refractivity contribution in [1.29, 1.82) is 0 Å². The van der Waals surface area contributed by atoms with Gasteiger partial charge in [-0.1, -0.05) is 49.0 Å². The molecule has 258 valence electrons. The molecule has 48 heavy (non-hydrogen) atoms. The van der Waals surface area contributed by atoms with Gasteiger partial charge in [0.25, 0.3) is 0 Å². The molecule has 4 unspecified atom stereocenters. The largest absolute Gasteiger partial charge is 0.481 e. The maximum atomic E-state index is 13.9. The first-order valence-electron chi connectivity index (χ1n) is 15.8. The molecular formula is C33H44N8O7. The first-order chi connectivity index (χ1) is 22.9. The number of carbonyl (C=O) groups is 6. The topological polar surface area (TPSA) is 252 Å². The lowest BCUT2D eigenvalue weighted by Gasteiger charge is -2.37. The van der Waals surface area contributed by atoms with Gasteiger partial charge in [-0.15, -0.1) is 0 Å². The highest BCUT2D eigenvalue weighted by molar-refractivity contribution is 5.97. The maximum absolute atomic E-state index is 13.9. The molecule has 1 heterocycles. The number of benzene rings is 2. The average Bonchev–Trinajstić information content (AvgIpc) is 3.06. The molecule has 15 nitrogen and oxygen atoms in total. The molecule has 0 aliphatic carbocycles. The van der Waals surface area contributed by atoms with Crippen molar-refractivity contribution in [3.05, 3.63) is 60.7 Å². The van der Waals surface area contributed by atoms with Crippen molar-refractivity contribution in [3.8, 4) is 0 Å². The van der Waals surface area contributed by atoms with Gasteiger partial charge in [0, 0.05) is 25.9 Å². The van der Waals surface area contributed by atoms with Crippen LogP contribution in [0.5, 0.6) is 0 Å². The molecule has 1 aliphatic heterocycles. The number of carbonyl (C=O) groups excluding carboxylic acids is 5. The number of rotatable bonds is 17. The quantitative estimate of drug-likeness (QED) is 0.0511. The molecule has 0 saturated carbocycles. The Bertz CT molecular complexity index is 1540. The van der Waals surface area contributed by atoms with Crippen molar-refractivity contribution in [1.82, 2.24) is 20.9 Å². The zero-order chi connectivity index (χ0) is 35.2. The second-order valence-corrected chi connectivity index (χ2v) is 11.6.